The van der Waals surface area contributed by atoms with Crippen LogP contribution in [0.3, 0.4) is 0 Å². The molecule has 0 amide bonds. The quantitative estimate of drug-likeness (QED) is 0.782. The van der Waals surface area contributed by atoms with Gasteiger partial charge < -0.3 is 4.43 Å². The molecule has 0 bridgehead atoms. The van der Waals surface area contributed by atoms with E-state index in [9.17, 15) is 0 Å². The molecule has 2 aromatic carbocycles. The summed E-state index contributed by atoms with van der Waals surface area (Å²) in [5.74, 6) is 0. The Morgan fingerprint density at radius 2 is 1.40 bits per heavy atom. The van der Waals surface area contributed by atoms with Crippen LogP contribution in [0, 0.1) is 0 Å². The first-order valence-electron chi connectivity index (χ1n) is 6.90. The van der Waals surface area contributed by atoms with E-state index < -0.39 is 8.32 Å². The van der Waals surface area contributed by atoms with Crippen molar-refractivity contribution in [1.82, 2.24) is 0 Å². The van der Waals surface area contributed by atoms with Gasteiger partial charge in [0.2, 0.25) is 0 Å². The molecule has 0 saturated carbocycles. The van der Waals surface area contributed by atoms with Crippen LogP contribution in [0.1, 0.15) is 6.42 Å². The lowest BCUT2D eigenvalue weighted by atomic mass is 10.4. The maximum absolute atomic E-state index is 6.22. The van der Waals surface area contributed by atoms with Crippen LogP contribution in [0.4, 0.5) is 0 Å². The summed E-state index contributed by atoms with van der Waals surface area (Å²) in [7, 11) is -0.437. The first kappa shape index (κ1) is 13.1. The number of rotatable bonds is 4. The second-order valence-corrected chi connectivity index (χ2v) is 8.51. The Hall–Kier alpha value is -1.90. The largest absolute Gasteiger partial charge is 0.408 e. The summed E-state index contributed by atoms with van der Waals surface area (Å²) >= 11 is 0. The normalized spacial score (nSPS) is 14.3. The molecule has 20 heavy (non-hydrogen) atoms. The lowest BCUT2D eigenvalue weighted by Crippen LogP contribution is -2.61. The van der Waals surface area contributed by atoms with Crippen molar-refractivity contribution in [2.75, 3.05) is 7.11 Å². The molecule has 0 atom stereocenters. The van der Waals surface area contributed by atoms with Crippen LogP contribution in [0.2, 0.25) is 0 Å². The minimum atomic E-state index is -2.29. The molecule has 0 saturated heterocycles. The van der Waals surface area contributed by atoms with Gasteiger partial charge in [-0.05, 0) is 22.0 Å². The van der Waals surface area contributed by atoms with Gasteiger partial charge in [-0.2, -0.15) is 0 Å². The first-order chi connectivity index (χ1) is 9.88. The van der Waals surface area contributed by atoms with Crippen LogP contribution >= 0.6 is 0 Å². The van der Waals surface area contributed by atoms with Gasteiger partial charge in [-0.1, -0.05) is 78.9 Å². The van der Waals surface area contributed by atoms with Crippen molar-refractivity contribution in [3.05, 3.63) is 84.1 Å². The molecule has 0 aliphatic heterocycles. The Bertz CT molecular complexity index is 589. The number of hydrogen-bond donors (Lipinski definition) is 0. The van der Waals surface area contributed by atoms with Crippen LogP contribution in [-0.2, 0) is 4.43 Å². The first-order valence-corrected chi connectivity index (χ1v) is 8.81. The Morgan fingerprint density at radius 3 is 1.80 bits per heavy atom. The van der Waals surface area contributed by atoms with Crippen LogP contribution in [0.5, 0.6) is 0 Å². The lowest BCUT2D eigenvalue weighted by molar-refractivity contribution is 0.422. The predicted octanol–water partition coefficient (Wildman–Crippen LogP) is 2.82. The second-order valence-electron chi connectivity index (χ2n) is 4.94. The van der Waals surface area contributed by atoms with E-state index in [0.717, 1.165) is 6.42 Å². The van der Waals surface area contributed by atoms with Crippen molar-refractivity contribution in [3.8, 4) is 0 Å². The summed E-state index contributed by atoms with van der Waals surface area (Å²) in [4.78, 5) is 0. The van der Waals surface area contributed by atoms with E-state index in [-0.39, 0.29) is 0 Å². The Labute approximate surface area is 121 Å². The standard InChI is InChI=1S/C18H18OSi/c1-19-20(18-14-8-9-15-18,16-10-4-2-5-11-16)17-12-6-3-7-13-17/h2-14H,15H2,1H3. The third kappa shape index (κ3) is 2.07. The van der Waals surface area contributed by atoms with Crippen molar-refractivity contribution >= 4 is 18.7 Å². The average molecular weight is 278 g/mol. The van der Waals surface area contributed by atoms with E-state index in [0.29, 0.717) is 0 Å². The maximum atomic E-state index is 6.22. The van der Waals surface area contributed by atoms with Gasteiger partial charge in [-0.15, -0.1) is 0 Å². The molecule has 0 spiro atoms. The average Bonchev–Trinajstić information content (AvgIpc) is 3.06. The topological polar surface area (TPSA) is 9.23 Å². The summed E-state index contributed by atoms with van der Waals surface area (Å²) in [5.41, 5.74) is 0. The van der Waals surface area contributed by atoms with Gasteiger partial charge in [0.25, 0.3) is 8.32 Å². The molecular formula is C18H18OSi. The fourth-order valence-electron chi connectivity index (χ4n) is 2.96. The monoisotopic (exact) mass is 278 g/mol. The zero-order valence-electron chi connectivity index (χ0n) is 11.6. The maximum Gasteiger partial charge on any atom is 0.284 e. The molecule has 2 aromatic rings. The second kappa shape index (κ2) is 5.61. The molecule has 2 heteroatoms. The highest BCUT2D eigenvalue weighted by Crippen LogP contribution is 2.24. The van der Waals surface area contributed by atoms with Gasteiger partial charge in [0.05, 0.1) is 0 Å². The van der Waals surface area contributed by atoms with Gasteiger partial charge in [0.15, 0.2) is 0 Å². The van der Waals surface area contributed by atoms with Gasteiger partial charge in [0, 0.05) is 7.11 Å². The highest BCUT2D eigenvalue weighted by molar-refractivity contribution is 7.02. The highest BCUT2D eigenvalue weighted by atomic mass is 28.4. The van der Waals surface area contributed by atoms with E-state index in [1.807, 2.05) is 7.11 Å². The smallest absolute Gasteiger partial charge is 0.284 e. The van der Waals surface area contributed by atoms with Crippen LogP contribution in [0.25, 0.3) is 0 Å². The molecule has 0 heterocycles. The summed E-state index contributed by atoms with van der Waals surface area (Å²) in [6, 6.07) is 21.3. The molecular weight excluding hydrogens is 260 g/mol. The molecule has 1 nitrogen and oxygen atoms in total. The molecule has 0 fully saturated rings. The summed E-state index contributed by atoms with van der Waals surface area (Å²) in [6.45, 7) is 0. The third-order valence-electron chi connectivity index (χ3n) is 3.89. The predicted molar refractivity (Wildman–Crippen MR) is 86.8 cm³/mol. The van der Waals surface area contributed by atoms with Crippen LogP contribution in [-0.4, -0.2) is 15.4 Å². The van der Waals surface area contributed by atoms with E-state index in [2.05, 4.69) is 78.9 Å². The summed E-state index contributed by atoms with van der Waals surface area (Å²) in [5, 5.41) is 4.03. The highest BCUT2D eigenvalue weighted by Gasteiger charge is 2.42. The summed E-state index contributed by atoms with van der Waals surface area (Å²) in [6.07, 6.45) is 7.57. The molecule has 1 aliphatic rings. The molecule has 0 radical (unpaired) electrons. The zero-order chi connectivity index (χ0) is 13.8. The minimum Gasteiger partial charge on any atom is -0.408 e. The van der Waals surface area contributed by atoms with Gasteiger partial charge in [0.1, 0.15) is 0 Å². The van der Waals surface area contributed by atoms with E-state index in [1.165, 1.54) is 15.6 Å². The number of benzene rings is 2. The number of allylic oxidation sites excluding steroid dienone is 4. The van der Waals surface area contributed by atoms with Gasteiger partial charge in [-0.25, -0.2) is 0 Å². The zero-order valence-corrected chi connectivity index (χ0v) is 12.6. The minimum absolute atomic E-state index is 0.990. The Morgan fingerprint density at radius 1 is 0.850 bits per heavy atom. The fourth-order valence-corrected chi connectivity index (χ4v) is 6.83. The van der Waals surface area contributed by atoms with Gasteiger partial charge >= 0.3 is 0 Å². The van der Waals surface area contributed by atoms with Crippen molar-refractivity contribution in [1.29, 1.82) is 0 Å². The van der Waals surface area contributed by atoms with Crippen LogP contribution in [0.15, 0.2) is 84.1 Å². The molecule has 0 aromatic heterocycles. The fraction of sp³-hybridized carbons (Fsp3) is 0.111. The van der Waals surface area contributed by atoms with E-state index in [4.69, 9.17) is 4.43 Å². The van der Waals surface area contributed by atoms with E-state index in [1.54, 1.807) is 0 Å². The lowest BCUT2D eigenvalue weighted by Gasteiger charge is -2.32. The van der Waals surface area contributed by atoms with Crippen molar-refractivity contribution in [3.63, 3.8) is 0 Å². The van der Waals surface area contributed by atoms with Crippen molar-refractivity contribution in [2.24, 2.45) is 0 Å². The van der Waals surface area contributed by atoms with Crippen LogP contribution < -0.4 is 10.4 Å². The molecule has 1 aliphatic carbocycles. The molecule has 3 rings (SSSR count). The van der Waals surface area contributed by atoms with Crippen molar-refractivity contribution in [2.45, 2.75) is 6.42 Å². The third-order valence-corrected chi connectivity index (χ3v) is 8.07. The molecule has 0 N–H and O–H groups in total. The van der Waals surface area contributed by atoms with E-state index >= 15 is 0 Å². The van der Waals surface area contributed by atoms with Crippen molar-refractivity contribution < 1.29 is 4.43 Å². The SMILES string of the molecule is CO[Si](C1=CC=CC1)(c1ccccc1)c1ccccc1. The van der Waals surface area contributed by atoms with Gasteiger partial charge in [-0.3, -0.25) is 0 Å². The molecule has 100 valence electrons. The Balaban J connectivity index is 2.21. The Kier molecular flexibility index (Phi) is 3.67. The number of hydrogen-bond acceptors (Lipinski definition) is 1. The molecule has 0 unspecified atom stereocenters. The summed E-state index contributed by atoms with van der Waals surface area (Å²) < 4.78 is 6.22.